The molecule has 5 nitrogen and oxygen atoms in total. The standard InChI is InChI=1S/C30H43N3O2/c1-7-27(23-13-9-8-10-14-23)30(35)33(22(4)21(2)3)20-25-19-26(17-18-28(25)32(5)6)31-29(34)24-15-11-12-16-24/h8-10,13-14,17-19,21-22,24,27H,7,11-12,15-16,20H2,1-6H3,(H,31,34)/t22-,27+/m0/s1. The van der Waals surface area contributed by atoms with Crippen molar-refractivity contribution in [3.05, 3.63) is 59.7 Å². The smallest absolute Gasteiger partial charge is 0.230 e. The third-order valence-electron chi connectivity index (χ3n) is 7.54. The monoisotopic (exact) mass is 477 g/mol. The second-order valence-electron chi connectivity index (χ2n) is 10.5. The van der Waals surface area contributed by atoms with Crippen LogP contribution in [0.15, 0.2) is 48.5 Å². The zero-order chi connectivity index (χ0) is 25.5. The lowest BCUT2D eigenvalue weighted by molar-refractivity contribution is -0.136. The Morgan fingerprint density at radius 1 is 1.00 bits per heavy atom. The van der Waals surface area contributed by atoms with Crippen LogP contribution in [0.5, 0.6) is 0 Å². The fourth-order valence-corrected chi connectivity index (χ4v) is 5.06. The third-order valence-corrected chi connectivity index (χ3v) is 7.54. The normalized spacial score (nSPS) is 15.6. The molecule has 3 rings (SSSR count). The number of hydrogen-bond donors (Lipinski definition) is 1. The lowest BCUT2D eigenvalue weighted by Gasteiger charge is -2.36. The van der Waals surface area contributed by atoms with Gasteiger partial charge in [-0.2, -0.15) is 0 Å². The van der Waals surface area contributed by atoms with Crippen LogP contribution in [0.25, 0.3) is 0 Å². The minimum absolute atomic E-state index is 0.0759. The van der Waals surface area contributed by atoms with Crippen molar-refractivity contribution in [1.29, 1.82) is 0 Å². The quantitative estimate of drug-likeness (QED) is 0.428. The molecule has 190 valence electrons. The van der Waals surface area contributed by atoms with Crippen LogP contribution in [-0.2, 0) is 16.1 Å². The molecule has 2 aromatic carbocycles. The molecule has 0 radical (unpaired) electrons. The van der Waals surface area contributed by atoms with Crippen molar-refractivity contribution in [2.45, 2.75) is 78.3 Å². The highest BCUT2D eigenvalue weighted by Crippen LogP contribution is 2.31. The number of nitrogens with one attached hydrogen (secondary N) is 1. The molecule has 0 unspecified atom stereocenters. The number of amides is 2. The summed E-state index contributed by atoms with van der Waals surface area (Å²) in [6, 6.07) is 16.3. The number of anilines is 2. The van der Waals surface area contributed by atoms with Gasteiger partial charge in [0, 0.05) is 44.0 Å². The van der Waals surface area contributed by atoms with Crippen LogP contribution in [0.3, 0.4) is 0 Å². The molecule has 1 saturated carbocycles. The zero-order valence-electron chi connectivity index (χ0n) is 22.4. The Morgan fingerprint density at radius 2 is 1.66 bits per heavy atom. The first kappa shape index (κ1) is 26.8. The van der Waals surface area contributed by atoms with E-state index in [4.69, 9.17) is 0 Å². The van der Waals surface area contributed by atoms with Gasteiger partial charge in [0.25, 0.3) is 0 Å². The first-order chi connectivity index (χ1) is 16.7. The van der Waals surface area contributed by atoms with Crippen LogP contribution >= 0.6 is 0 Å². The summed E-state index contributed by atoms with van der Waals surface area (Å²) < 4.78 is 0. The molecule has 0 bridgehead atoms. The summed E-state index contributed by atoms with van der Waals surface area (Å²) in [5.74, 6) is 0.530. The van der Waals surface area contributed by atoms with Gasteiger partial charge in [0.15, 0.2) is 0 Å². The molecular weight excluding hydrogens is 434 g/mol. The first-order valence-electron chi connectivity index (χ1n) is 13.2. The first-order valence-corrected chi connectivity index (χ1v) is 13.2. The summed E-state index contributed by atoms with van der Waals surface area (Å²) in [6.45, 7) is 9.06. The molecule has 0 saturated heterocycles. The molecule has 2 atom stereocenters. The number of nitrogens with zero attached hydrogens (tertiary/aromatic N) is 2. The number of carbonyl (C=O) groups excluding carboxylic acids is 2. The zero-order valence-corrected chi connectivity index (χ0v) is 22.4. The topological polar surface area (TPSA) is 52.7 Å². The van der Waals surface area contributed by atoms with Crippen LogP contribution in [-0.4, -0.2) is 36.9 Å². The van der Waals surface area contributed by atoms with Crippen molar-refractivity contribution in [3.8, 4) is 0 Å². The number of benzene rings is 2. The Morgan fingerprint density at radius 3 is 2.23 bits per heavy atom. The van der Waals surface area contributed by atoms with Gasteiger partial charge in [0.1, 0.15) is 0 Å². The molecule has 0 spiro atoms. The van der Waals surface area contributed by atoms with E-state index in [1.54, 1.807) is 0 Å². The molecule has 1 aliphatic rings. The maximum absolute atomic E-state index is 14.0. The summed E-state index contributed by atoms with van der Waals surface area (Å²) >= 11 is 0. The molecule has 1 aliphatic carbocycles. The van der Waals surface area contributed by atoms with E-state index in [9.17, 15) is 9.59 Å². The van der Waals surface area contributed by atoms with Gasteiger partial charge in [-0.05, 0) is 61.4 Å². The minimum atomic E-state index is -0.176. The van der Waals surface area contributed by atoms with Crippen LogP contribution in [0.1, 0.15) is 76.8 Å². The summed E-state index contributed by atoms with van der Waals surface area (Å²) in [4.78, 5) is 30.9. The van der Waals surface area contributed by atoms with Crippen molar-refractivity contribution >= 4 is 23.2 Å². The molecule has 35 heavy (non-hydrogen) atoms. The van der Waals surface area contributed by atoms with E-state index in [-0.39, 0.29) is 29.7 Å². The molecule has 0 heterocycles. The highest BCUT2D eigenvalue weighted by atomic mass is 16.2. The average molecular weight is 478 g/mol. The van der Waals surface area contributed by atoms with Gasteiger partial charge in [0.2, 0.25) is 11.8 Å². The van der Waals surface area contributed by atoms with E-state index in [1.165, 1.54) is 0 Å². The van der Waals surface area contributed by atoms with E-state index >= 15 is 0 Å². The second-order valence-corrected chi connectivity index (χ2v) is 10.5. The van der Waals surface area contributed by atoms with Crippen molar-refractivity contribution in [3.63, 3.8) is 0 Å². The minimum Gasteiger partial charge on any atom is -0.377 e. The highest BCUT2D eigenvalue weighted by Gasteiger charge is 2.30. The molecule has 1 fully saturated rings. The molecular formula is C30H43N3O2. The Bertz CT molecular complexity index is 980. The lowest BCUT2D eigenvalue weighted by atomic mass is 9.92. The summed E-state index contributed by atoms with van der Waals surface area (Å²) in [7, 11) is 4.04. The molecule has 1 N–H and O–H groups in total. The van der Waals surface area contributed by atoms with Gasteiger partial charge >= 0.3 is 0 Å². The highest BCUT2D eigenvalue weighted by molar-refractivity contribution is 5.93. The number of carbonyl (C=O) groups is 2. The lowest BCUT2D eigenvalue weighted by Crippen LogP contribution is -2.43. The maximum Gasteiger partial charge on any atom is 0.230 e. The van der Waals surface area contributed by atoms with Gasteiger partial charge in [-0.15, -0.1) is 0 Å². The maximum atomic E-state index is 14.0. The molecule has 5 heteroatoms. The summed E-state index contributed by atoms with van der Waals surface area (Å²) in [5, 5.41) is 3.14. The Hall–Kier alpha value is -2.82. The number of rotatable bonds is 10. The fourth-order valence-electron chi connectivity index (χ4n) is 5.06. The van der Waals surface area contributed by atoms with Crippen molar-refractivity contribution in [2.24, 2.45) is 11.8 Å². The van der Waals surface area contributed by atoms with Gasteiger partial charge in [-0.25, -0.2) is 0 Å². The Balaban J connectivity index is 1.93. The van der Waals surface area contributed by atoms with Gasteiger partial charge in [-0.3, -0.25) is 9.59 Å². The second kappa shape index (κ2) is 12.2. The van der Waals surface area contributed by atoms with Gasteiger partial charge in [0.05, 0.1) is 5.92 Å². The third kappa shape index (κ3) is 6.65. The Kier molecular flexibility index (Phi) is 9.36. The van der Waals surface area contributed by atoms with Crippen molar-refractivity contribution < 1.29 is 9.59 Å². The predicted octanol–water partition coefficient (Wildman–Crippen LogP) is 6.45. The molecule has 2 aromatic rings. The largest absolute Gasteiger partial charge is 0.377 e. The fraction of sp³-hybridized carbons (Fsp3) is 0.533. The van der Waals surface area contributed by atoms with Crippen LogP contribution in [0, 0.1) is 11.8 Å². The molecule has 0 aromatic heterocycles. The van der Waals surface area contributed by atoms with E-state index in [1.807, 2.05) is 43.3 Å². The van der Waals surface area contributed by atoms with Crippen molar-refractivity contribution in [1.82, 2.24) is 4.90 Å². The summed E-state index contributed by atoms with van der Waals surface area (Å²) in [5.41, 5.74) is 3.97. The van der Waals surface area contributed by atoms with E-state index < -0.39 is 0 Å². The average Bonchev–Trinajstić information content (AvgIpc) is 3.38. The van der Waals surface area contributed by atoms with Crippen LogP contribution < -0.4 is 10.2 Å². The van der Waals surface area contributed by atoms with Gasteiger partial charge < -0.3 is 15.1 Å². The van der Waals surface area contributed by atoms with E-state index in [0.717, 1.165) is 54.6 Å². The van der Waals surface area contributed by atoms with Crippen LogP contribution in [0.4, 0.5) is 11.4 Å². The molecule has 0 aliphatic heterocycles. The summed E-state index contributed by atoms with van der Waals surface area (Å²) in [6.07, 6.45) is 4.96. The number of hydrogen-bond acceptors (Lipinski definition) is 3. The predicted molar refractivity (Wildman–Crippen MR) is 146 cm³/mol. The Labute approximate surface area is 211 Å². The van der Waals surface area contributed by atoms with Gasteiger partial charge in [-0.1, -0.05) is 63.9 Å². The SMILES string of the molecule is CC[C@@H](C(=O)N(Cc1cc(NC(=O)C2CCCC2)ccc1N(C)C)[C@@H](C)C(C)C)c1ccccc1. The van der Waals surface area contributed by atoms with E-state index in [2.05, 4.69) is 62.2 Å². The van der Waals surface area contributed by atoms with E-state index in [0.29, 0.717) is 12.5 Å². The van der Waals surface area contributed by atoms with Crippen LogP contribution in [0.2, 0.25) is 0 Å². The molecule has 2 amide bonds. The van der Waals surface area contributed by atoms with Crippen molar-refractivity contribution in [2.75, 3.05) is 24.3 Å².